The number of hydrogen-bond acceptors (Lipinski definition) is 5. The van der Waals surface area contributed by atoms with E-state index in [0.29, 0.717) is 17.2 Å². The summed E-state index contributed by atoms with van der Waals surface area (Å²) in [5, 5.41) is 0. The van der Waals surface area contributed by atoms with Gasteiger partial charge >= 0.3 is 5.97 Å². The number of carbonyl (C=O) groups is 1. The molecule has 0 radical (unpaired) electrons. The van der Waals surface area contributed by atoms with Crippen molar-refractivity contribution in [1.29, 1.82) is 0 Å². The van der Waals surface area contributed by atoms with Gasteiger partial charge in [0.1, 0.15) is 12.4 Å². The third-order valence-electron chi connectivity index (χ3n) is 3.49. The lowest BCUT2D eigenvalue weighted by Crippen LogP contribution is -2.15. The number of benzene rings is 2. The molecule has 134 valence electrons. The fraction of sp³-hybridized carbons (Fsp3) is 0.316. The Morgan fingerprint density at radius 2 is 1.56 bits per heavy atom. The van der Waals surface area contributed by atoms with Crippen molar-refractivity contribution >= 4 is 21.9 Å². The minimum absolute atomic E-state index is 0.107. The molecule has 6 heteroatoms. The molecule has 0 unspecified atom stereocenters. The number of ether oxygens (including phenoxy) is 4. The highest BCUT2D eigenvalue weighted by atomic mass is 79.9. The van der Waals surface area contributed by atoms with Gasteiger partial charge < -0.3 is 18.9 Å². The lowest BCUT2D eigenvalue weighted by Gasteiger charge is -2.12. The minimum Gasteiger partial charge on any atom is -0.493 e. The van der Waals surface area contributed by atoms with E-state index in [4.69, 9.17) is 18.9 Å². The highest BCUT2D eigenvalue weighted by molar-refractivity contribution is 9.10. The van der Waals surface area contributed by atoms with Gasteiger partial charge in [0.2, 0.25) is 0 Å². The molecule has 0 aliphatic heterocycles. The van der Waals surface area contributed by atoms with Crippen LogP contribution in [0.4, 0.5) is 0 Å². The van der Waals surface area contributed by atoms with Crippen LogP contribution in [0.15, 0.2) is 34.8 Å². The molecule has 0 N–H and O–H groups in total. The molecule has 0 aromatic heterocycles. The lowest BCUT2D eigenvalue weighted by atomic mass is 10.1. The molecule has 0 atom stereocenters. The Kier molecular flexibility index (Phi) is 6.70. The van der Waals surface area contributed by atoms with E-state index >= 15 is 0 Å². The molecular formula is C19H21BrO5. The van der Waals surface area contributed by atoms with Crippen LogP contribution < -0.4 is 14.2 Å². The van der Waals surface area contributed by atoms with E-state index in [1.54, 1.807) is 26.4 Å². The first-order chi connectivity index (χ1) is 11.9. The first-order valence-corrected chi connectivity index (χ1v) is 8.49. The summed E-state index contributed by atoms with van der Waals surface area (Å²) in [6.07, 6.45) is 0. The van der Waals surface area contributed by atoms with Crippen LogP contribution in [-0.4, -0.2) is 26.8 Å². The highest BCUT2D eigenvalue weighted by Gasteiger charge is 2.12. The predicted molar refractivity (Wildman–Crippen MR) is 98.5 cm³/mol. The Labute approximate surface area is 156 Å². The maximum absolute atomic E-state index is 11.9. The Balaban J connectivity index is 1.93. The fourth-order valence-corrected chi connectivity index (χ4v) is 2.80. The molecule has 5 nitrogen and oxygen atoms in total. The van der Waals surface area contributed by atoms with E-state index in [1.165, 1.54) is 0 Å². The van der Waals surface area contributed by atoms with Crippen LogP contribution >= 0.6 is 15.9 Å². The second-order valence-corrected chi connectivity index (χ2v) is 6.43. The van der Waals surface area contributed by atoms with Gasteiger partial charge in [-0.15, -0.1) is 0 Å². The summed E-state index contributed by atoms with van der Waals surface area (Å²) in [5.74, 6) is 1.38. The molecule has 0 aliphatic rings. The van der Waals surface area contributed by atoms with Gasteiger partial charge in [-0.3, -0.25) is 0 Å². The van der Waals surface area contributed by atoms with Gasteiger partial charge in [0.25, 0.3) is 0 Å². The molecule has 0 saturated carbocycles. The van der Waals surface area contributed by atoms with Crippen molar-refractivity contribution in [1.82, 2.24) is 0 Å². The fourth-order valence-electron chi connectivity index (χ4n) is 2.37. The van der Waals surface area contributed by atoms with Crippen LogP contribution in [0.25, 0.3) is 0 Å². The summed E-state index contributed by atoms with van der Waals surface area (Å²) < 4.78 is 22.0. The Bertz CT molecular complexity index is 737. The van der Waals surface area contributed by atoms with Crippen molar-refractivity contribution in [2.24, 2.45) is 0 Å². The average molecular weight is 409 g/mol. The van der Waals surface area contributed by atoms with Crippen molar-refractivity contribution in [3.63, 3.8) is 0 Å². The van der Waals surface area contributed by atoms with Gasteiger partial charge in [0, 0.05) is 10.0 Å². The number of aryl methyl sites for hydroxylation is 2. The Morgan fingerprint density at radius 3 is 2.16 bits per heavy atom. The highest BCUT2D eigenvalue weighted by Crippen LogP contribution is 2.33. The zero-order valence-electron chi connectivity index (χ0n) is 14.7. The van der Waals surface area contributed by atoms with E-state index in [9.17, 15) is 4.79 Å². The van der Waals surface area contributed by atoms with Crippen molar-refractivity contribution in [3.05, 3.63) is 51.5 Å². The summed E-state index contributed by atoms with van der Waals surface area (Å²) in [7, 11) is 3.12. The Hall–Kier alpha value is -2.21. The lowest BCUT2D eigenvalue weighted by molar-refractivity contribution is -0.147. The van der Waals surface area contributed by atoms with Crippen LogP contribution in [0, 0.1) is 13.8 Å². The zero-order valence-corrected chi connectivity index (χ0v) is 16.3. The largest absolute Gasteiger partial charge is 0.493 e. The number of methoxy groups -OCH3 is 2. The van der Waals surface area contributed by atoms with Crippen LogP contribution in [0.2, 0.25) is 0 Å². The summed E-state index contributed by atoms with van der Waals surface area (Å²) >= 11 is 3.43. The van der Waals surface area contributed by atoms with Gasteiger partial charge in [-0.2, -0.15) is 0 Å². The summed E-state index contributed by atoms with van der Waals surface area (Å²) in [4.78, 5) is 11.9. The molecule has 2 aromatic carbocycles. The zero-order chi connectivity index (χ0) is 18.4. The molecule has 0 fully saturated rings. The SMILES string of the molecule is COc1cc(Br)c(COC(=O)COc2cc(C)cc(C)c2)cc1OC. The normalized spacial score (nSPS) is 10.3. The molecule has 0 aliphatic carbocycles. The summed E-state index contributed by atoms with van der Waals surface area (Å²) in [6.45, 7) is 3.92. The predicted octanol–water partition coefficient (Wildman–Crippen LogP) is 4.21. The molecule has 0 heterocycles. The standard InChI is InChI=1S/C19H21BrO5/c1-12-5-13(2)7-15(6-12)24-11-19(21)25-10-14-8-17(22-3)18(23-4)9-16(14)20/h5-9H,10-11H2,1-4H3. The second-order valence-electron chi connectivity index (χ2n) is 5.57. The molecule has 0 saturated heterocycles. The third kappa shape index (κ3) is 5.39. The van der Waals surface area contributed by atoms with Crippen LogP contribution in [0.5, 0.6) is 17.2 Å². The van der Waals surface area contributed by atoms with Gasteiger partial charge in [0.15, 0.2) is 18.1 Å². The first kappa shape index (κ1) is 19.1. The summed E-state index contributed by atoms with van der Waals surface area (Å²) in [5.41, 5.74) is 2.94. The second kappa shape index (κ2) is 8.76. The molecule has 0 spiro atoms. The summed E-state index contributed by atoms with van der Waals surface area (Å²) in [6, 6.07) is 9.34. The van der Waals surface area contributed by atoms with E-state index < -0.39 is 5.97 Å². The smallest absolute Gasteiger partial charge is 0.344 e. The van der Waals surface area contributed by atoms with Crippen molar-refractivity contribution in [3.8, 4) is 17.2 Å². The first-order valence-electron chi connectivity index (χ1n) is 7.70. The van der Waals surface area contributed by atoms with Gasteiger partial charge in [-0.25, -0.2) is 4.79 Å². The van der Waals surface area contributed by atoms with E-state index in [-0.39, 0.29) is 13.2 Å². The Morgan fingerprint density at radius 1 is 0.960 bits per heavy atom. The van der Waals surface area contributed by atoms with E-state index in [1.807, 2.05) is 32.0 Å². The topological polar surface area (TPSA) is 54.0 Å². The molecule has 0 amide bonds. The average Bonchev–Trinajstić information content (AvgIpc) is 2.57. The monoisotopic (exact) mass is 408 g/mol. The number of hydrogen-bond donors (Lipinski definition) is 0. The van der Waals surface area contributed by atoms with E-state index in [0.717, 1.165) is 21.2 Å². The van der Waals surface area contributed by atoms with Gasteiger partial charge in [0.05, 0.1) is 14.2 Å². The molecule has 2 rings (SSSR count). The maximum Gasteiger partial charge on any atom is 0.344 e. The third-order valence-corrected chi connectivity index (χ3v) is 4.23. The molecule has 25 heavy (non-hydrogen) atoms. The van der Waals surface area contributed by atoms with Crippen molar-refractivity contribution < 1.29 is 23.7 Å². The number of esters is 1. The van der Waals surface area contributed by atoms with Gasteiger partial charge in [-0.1, -0.05) is 22.0 Å². The van der Waals surface area contributed by atoms with Crippen LogP contribution in [0.1, 0.15) is 16.7 Å². The number of halogens is 1. The minimum atomic E-state index is -0.444. The van der Waals surface area contributed by atoms with Crippen molar-refractivity contribution in [2.45, 2.75) is 20.5 Å². The van der Waals surface area contributed by atoms with Gasteiger partial charge in [-0.05, 0) is 49.2 Å². The maximum atomic E-state index is 11.9. The van der Waals surface area contributed by atoms with Crippen LogP contribution in [0.3, 0.4) is 0 Å². The van der Waals surface area contributed by atoms with E-state index in [2.05, 4.69) is 15.9 Å². The quantitative estimate of drug-likeness (QED) is 0.642. The number of rotatable bonds is 7. The molecule has 2 aromatic rings. The molecular weight excluding hydrogens is 388 g/mol. The number of carbonyl (C=O) groups excluding carboxylic acids is 1. The van der Waals surface area contributed by atoms with Crippen molar-refractivity contribution in [2.75, 3.05) is 20.8 Å². The molecule has 0 bridgehead atoms. The van der Waals surface area contributed by atoms with Crippen LogP contribution in [-0.2, 0) is 16.1 Å².